The van der Waals surface area contributed by atoms with Gasteiger partial charge in [-0.25, -0.2) is 4.79 Å². The van der Waals surface area contributed by atoms with Crippen LogP contribution in [-0.4, -0.2) is 30.4 Å². The van der Waals surface area contributed by atoms with Crippen molar-refractivity contribution in [1.29, 1.82) is 0 Å². The molecule has 3 aromatic carbocycles. The Hall–Kier alpha value is -2.37. The lowest BCUT2D eigenvalue weighted by molar-refractivity contribution is -0.142. The van der Waals surface area contributed by atoms with Gasteiger partial charge in [0.05, 0.1) is 0 Å². The molecule has 0 saturated heterocycles. The summed E-state index contributed by atoms with van der Waals surface area (Å²) in [4.78, 5) is 11.4. The molecule has 0 radical (unpaired) electrons. The molecule has 1 atom stereocenters. The van der Waals surface area contributed by atoms with Crippen molar-refractivity contribution in [3.63, 3.8) is 0 Å². The second-order valence-electron chi connectivity index (χ2n) is 6.11. The summed E-state index contributed by atoms with van der Waals surface area (Å²) in [6.07, 6.45) is -0.931. The van der Waals surface area contributed by atoms with Crippen molar-refractivity contribution in [2.45, 2.75) is 13.0 Å². The largest absolute Gasteiger partial charge is 0.489 e. The Morgan fingerprint density at radius 2 is 1.85 bits per heavy atom. The molecule has 0 aromatic heterocycles. The number of benzene rings is 3. The number of carbonyl (C=O) groups excluding carboxylic acids is 1. The SMILES string of the molecule is C=C(C)C(=O)OCC(O)COc1c2ccccc2cc2c(Br)cccc12. The number of esters is 1. The smallest absolute Gasteiger partial charge is 0.333 e. The molecular weight excluding hydrogens is 396 g/mol. The highest BCUT2D eigenvalue weighted by atomic mass is 79.9. The van der Waals surface area contributed by atoms with Gasteiger partial charge in [-0.1, -0.05) is 58.9 Å². The van der Waals surface area contributed by atoms with E-state index in [1.54, 1.807) is 6.92 Å². The Balaban J connectivity index is 1.87. The fraction of sp³-hybridized carbons (Fsp3) is 0.190. The highest BCUT2D eigenvalue weighted by Gasteiger charge is 2.14. The number of hydrogen-bond acceptors (Lipinski definition) is 4. The molecule has 0 spiro atoms. The van der Waals surface area contributed by atoms with Crippen molar-refractivity contribution in [3.05, 3.63) is 65.2 Å². The second-order valence-corrected chi connectivity index (χ2v) is 6.96. The van der Waals surface area contributed by atoms with E-state index in [2.05, 4.69) is 28.6 Å². The number of ether oxygens (including phenoxy) is 2. The van der Waals surface area contributed by atoms with Crippen LogP contribution < -0.4 is 4.74 Å². The van der Waals surface area contributed by atoms with E-state index in [1.807, 2.05) is 42.5 Å². The van der Waals surface area contributed by atoms with E-state index < -0.39 is 12.1 Å². The lowest BCUT2D eigenvalue weighted by Crippen LogP contribution is -2.25. The number of hydrogen-bond donors (Lipinski definition) is 1. The predicted octanol–water partition coefficient (Wildman–Crippen LogP) is 4.61. The molecule has 0 fully saturated rings. The molecule has 5 heteroatoms. The van der Waals surface area contributed by atoms with Crippen molar-refractivity contribution >= 4 is 43.4 Å². The highest BCUT2D eigenvalue weighted by Crippen LogP contribution is 2.37. The normalized spacial score (nSPS) is 12.1. The number of rotatable bonds is 6. The Morgan fingerprint density at radius 3 is 2.62 bits per heavy atom. The van der Waals surface area contributed by atoms with Crippen LogP contribution >= 0.6 is 15.9 Å². The number of carbonyl (C=O) groups is 1. The summed E-state index contributed by atoms with van der Waals surface area (Å²) < 4.78 is 11.9. The molecule has 1 unspecified atom stereocenters. The summed E-state index contributed by atoms with van der Waals surface area (Å²) in [5.74, 6) is 0.174. The van der Waals surface area contributed by atoms with Crippen molar-refractivity contribution in [3.8, 4) is 5.75 Å². The standard InChI is InChI=1S/C21H19BrO4/c1-13(2)21(24)26-12-15(23)11-25-20-16-7-4-3-6-14(16)10-18-17(20)8-5-9-19(18)22/h3-10,15,23H,1,11-12H2,2H3. The van der Waals surface area contributed by atoms with Crippen LogP contribution in [-0.2, 0) is 9.53 Å². The van der Waals surface area contributed by atoms with E-state index in [1.165, 1.54) is 0 Å². The fourth-order valence-electron chi connectivity index (χ4n) is 2.69. The van der Waals surface area contributed by atoms with Gasteiger partial charge in [0, 0.05) is 26.2 Å². The Labute approximate surface area is 160 Å². The van der Waals surface area contributed by atoms with Crippen LogP contribution in [0.25, 0.3) is 21.5 Å². The zero-order valence-corrected chi connectivity index (χ0v) is 16.0. The first-order valence-electron chi connectivity index (χ1n) is 8.21. The predicted molar refractivity (Wildman–Crippen MR) is 106 cm³/mol. The molecule has 3 rings (SSSR count). The van der Waals surface area contributed by atoms with Crippen LogP contribution in [0.1, 0.15) is 6.92 Å². The number of aliphatic hydroxyl groups excluding tert-OH is 1. The molecule has 3 aromatic rings. The molecule has 0 aliphatic rings. The van der Waals surface area contributed by atoms with Crippen LogP contribution in [0, 0.1) is 0 Å². The maximum Gasteiger partial charge on any atom is 0.333 e. The third-order valence-corrected chi connectivity index (χ3v) is 4.67. The van der Waals surface area contributed by atoms with Gasteiger partial charge in [-0.3, -0.25) is 0 Å². The summed E-state index contributed by atoms with van der Waals surface area (Å²) >= 11 is 3.58. The molecule has 0 bridgehead atoms. The second kappa shape index (κ2) is 7.89. The van der Waals surface area contributed by atoms with Crippen LogP contribution in [0.5, 0.6) is 5.75 Å². The third kappa shape index (κ3) is 3.89. The van der Waals surface area contributed by atoms with Gasteiger partial charge in [-0.2, -0.15) is 0 Å². The van der Waals surface area contributed by atoms with E-state index >= 15 is 0 Å². The van der Waals surface area contributed by atoms with Crippen LogP contribution in [0.4, 0.5) is 0 Å². The molecule has 134 valence electrons. The van der Waals surface area contributed by atoms with E-state index in [9.17, 15) is 9.90 Å². The quantitative estimate of drug-likeness (QED) is 0.363. The van der Waals surface area contributed by atoms with E-state index in [4.69, 9.17) is 9.47 Å². The molecular formula is C21H19BrO4. The maximum absolute atomic E-state index is 11.4. The van der Waals surface area contributed by atoms with Gasteiger partial charge in [-0.15, -0.1) is 0 Å². The molecule has 26 heavy (non-hydrogen) atoms. The number of aliphatic hydroxyl groups is 1. The highest BCUT2D eigenvalue weighted by molar-refractivity contribution is 9.10. The van der Waals surface area contributed by atoms with E-state index in [0.717, 1.165) is 26.0 Å². The number of halogens is 1. The monoisotopic (exact) mass is 414 g/mol. The Morgan fingerprint density at radius 1 is 1.12 bits per heavy atom. The summed E-state index contributed by atoms with van der Waals surface area (Å²) in [7, 11) is 0. The van der Waals surface area contributed by atoms with Gasteiger partial charge in [-0.05, 0) is 24.4 Å². The fourth-order valence-corrected chi connectivity index (χ4v) is 3.17. The van der Waals surface area contributed by atoms with Crippen LogP contribution in [0.2, 0.25) is 0 Å². The first-order valence-corrected chi connectivity index (χ1v) is 9.00. The summed E-state index contributed by atoms with van der Waals surface area (Å²) in [5.41, 5.74) is 0.294. The summed E-state index contributed by atoms with van der Waals surface area (Å²) in [6.45, 7) is 4.94. The van der Waals surface area contributed by atoms with Crippen molar-refractivity contribution in [1.82, 2.24) is 0 Å². The molecule has 1 N–H and O–H groups in total. The van der Waals surface area contributed by atoms with Gasteiger partial charge >= 0.3 is 5.97 Å². The zero-order chi connectivity index (χ0) is 18.7. The topological polar surface area (TPSA) is 55.8 Å². The summed E-state index contributed by atoms with van der Waals surface area (Å²) in [6, 6.07) is 15.9. The van der Waals surface area contributed by atoms with Crippen molar-refractivity contribution in [2.24, 2.45) is 0 Å². The molecule has 0 aliphatic carbocycles. The van der Waals surface area contributed by atoms with Gasteiger partial charge < -0.3 is 14.6 Å². The molecule has 4 nitrogen and oxygen atoms in total. The van der Waals surface area contributed by atoms with E-state index in [0.29, 0.717) is 11.3 Å². The average Bonchev–Trinajstić information content (AvgIpc) is 2.63. The van der Waals surface area contributed by atoms with Gasteiger partial charge in [0.2, 0.25) is 0 Å². The molecule has 0 heterocycles. The zero-order valence-electron chi connectivity index (χ0n) is 14.4. The summed E-state index contributed by atoms with van der Waals surface area (Å²) in [5, 5.41) is 14.1. The lowest BCUT2D eigenvalue weighted by Gasteiger charge is -2.16. The number of fused-ring (bicyclic) bond motifs is 2. The average molecular weight is 415 g/mol. The molecule has 0 saturated carbocycles. The van der Waals surface area contributed by atoms with Crippen LogP contribution in [0.3, 0.4) is 0 Å². The van der Waals surface area contributed by atoms with Gasteiger partial charge in [0.1, 0.15) is 25.1 Å². The molecule has 0 aliphatic heterocycles. The lowest BCUT2D eigenvalue weighted by atomic mass is 10.0. The Kier molecular flexibility index (Phi) is 5.59. The first kappa shape index (κ1) is 18.4. The van der Waals surface area contributed by atoms with Crippen molar-refractivity contribution < 1.29 is 19.4 Å². The molecule has 0 amide bonds. The van der Waals surface area contributed by atoms with E-state index in [-0.39, 0.29) is 13.2 Å². The Bertz CT molecular complexity index is 980. The third-order valence-electron chi connectivity index (χ3n) is 3.98. The van der Waals surface area contributed by atoms with Crippen molar-refractivity contribution in [2.75, 3.05) is 13.2 Å². The minimum absolute atomic E-state index is 0.0130. The minimum Gasteiger partial charge on any atom is -0.489 e. The van der Waals surface area contributed by atoms with Gasteiger partial charge in [0.15, 0.2) is 0 Å². The van der Waals surface area contributed by atoms with Gasteiger partial charge in [0.25, 0.3) is 0 Å². The minimum atomic E-state index is -0.931. The first-order chi connectivity index (χ1) is 12.5. The van der Waals surface area contributed by atoms with Crippen LogP contribution in [0.15, 0.2) is 65.2 Å². The maximum atomic E-state index is 11.4.